The third kappa shape index (κ3) is 4.87. The lowest BCUT2D eigenvalue weighted by molar-refractivity contribution is 0.101. The molecule has 1 aromatic carbocycles. The number of benzene rings is 1. The standard InChI is InChI=1S/C19H25ClO3/c1-11(2)7-6-8-12(3)9-10-15-18(22)16(14(5)21)13(4)17(20)19(15)23/h7,9,22-23H,6,8,10H2,1-5H3. The first-order valence-electron chi connectivity index (χ1n) is 7.69. The third-order valence-electron chi connectivity index (χ3n) is 3.82. The molecule has 0 aliphatic rings. The van der Waals surface area contributed by atoms with E-state index in [4.69, 9.17) is 11.6 Å². The van der Waals surface area contributed by atoms with Gasteiger partial charge in [0, 0.05) is 5.56 Å². The molecule has 0 heterocycles. The topological polar surface area (TPSA) is 57.5 Å². The molecule has 4 heteroatoms. The Labute approximate surface area is 143 Å². The van der Waals surface area contributed by atoms with Crippen molar-refractivity contribution in [2.24, 2.45) is 0 Å². The smallest absolute Gasteiger partial charge is 0.163 e. The van der Waals surface area contributed by atoms with Crippen LogP contribution in [0.15, 0.2) is 23.3 Å². The molecule has 1 aromatic rings. The molecule has 3 nitrogen and oxygen atoms in total. The third-order valence-corrected chi connectivity index (χ3v) is 4.28. The van der Waals surface area contributed by atoms with Crippen LogP contribution in [0.4, 0.5) is 0 Å². The van der Waals surface area contributed by atoms with Gasteiger partial charge in [-0.1, -0.05) is 34.9 Å². The normalized spacial score (nSPS) is 11.5. The summed E-state index contributed by atoms with van der Waals surface area (Å²) in [6.45, 7) is 9.12. The van der Waals surface area contributed by atoms with Crippen molar-refractivity contribution in [3.63, 3.8) is 0 Å². The molecule has 0 saturated heterocycles. The first kappa shape index (κ1) is 19.3. The molecule has 0 aromatic heterocycles. The molecule has 0 saturated carbocycles. The SMILES string of the molecule is CC(=O)c1c(C)c(Cl)c(O)c(CC=C(C)CCC=C(C)C)c1O. The van der Waals surface area contributed by atoms with Gasteiger partial charge in [0.25, 0.3) is 0 Å². The largest absolute Gasteiger partial charge is 0.507 e. The quantitative estimate of drug-likeness (QED) is 0.533. The summed E-state index contributed by atoms with van der Waals surface area (Å²) in [5, 5.41) is 20.6. The number of hydrogen-bond acceptors (Lipinski definition) is 3. The molecule has 23 heavy (non-hydrogen) atoms. The van der Waals surface area contributed by atoms with Gasteiger partial charge in [0.2, 0.25) is 0 Å². The summed E-state index contributed by atoms with van der Waals surface area (Å²) in [5.74, 6) is -0.599. The highest BCUT2D eigenvalue weighted by molar-refractivity contribution is 6.33. The molecular weight excluding hydrogens is 312 g/mol. The van der Waals surface area contributed by atoms with Crippen LogP contribution in [-0.2, 0) is 6.42 Å². The predicted octanol–water partition coefficient (Wildman–Crippen LogP) is 5.50. The van der Waals surface area contributed by atoms with Gasteiger partial charge in [-0.25, -0.2) is 0 Å². The average molecular weight is 337 g/mol. The van der Waals surface area contributed by atoms with E-state index >= 15 is 0 Å². The first-order valence-corrected chi connectivity index (χ1v) is 8.07. The molecule has 0 spiro atoms. The molecule has 126 valence electrons. The predicted molar refractivity (Wildman–Crippen MR) is 95.6 cm³/mol. The maximum atomic E-state index is 11.7. The highest BCUT2D eigenvalue weighted by atomic mass is 35.5. The van der Waals surface area contributed by atoms with E-state index in [0.717, 1.165) is 18.4 Å². The highest BCUT2D eigenvalue weighted by Gasteiger charge is 2.22. The van der Waals surface area contributed by atoms with Crippen LogP contribution in [0.3, 0.4) is 0 Å². The van der Waals surface area contributed by atoms with Gasteiger partial charge in [0.05, 0.1) is 10.6 Å². The maximum absolute atomic E-state index is 11.7. The van der Waals surface area contributed by atoms with Gasteiger partial charge in [-0.05, 0) is 59.4 Å². The van der Waals surface area contributed by atoms with Crippen LogP contribution in [0.2, 0.25) is 5.02 Å². The summed E-state index contributed by atoms with van der Waals surface area (Å²) in [6.07, 6.45) is 6.31. The van der Waals surface area contributed by atoms with E-state index in [-0.39, 0.29) is 27.9 Å². The van der Waals surface area contributed by atoms with Crippen molar-refractivity contribution < 1.29 is 15.0 Å². The monoisotopic (exact) mass is 336 g/mol. The highest BCUT2D eigenvalue weighted by Crippen LogP contribution is 2.41. The van der Waals surface area contributed by atoms with Crippen molar-refractivity contribution in [1.29, 1.82) is 0 Å². The number of carbonyl (C=O) groups is 1. The molecular formula is C19H25ClO3. The second-order valence-electron chi connectivity index (χ2n) is 6.12. The van der Waals surface area contributed by atoms with Crippen molar-refractivity contribution in [2.45, 2.75) is 53.9 Å². The molecule has 0 atom stereocenters. The molecule has 0 unspecified atom stereocenters. The molecule has 0 bridgehead atoms. The number of phenolic OH excluding ortho intramolecular Hbond substituents is 2. The number of rotatable bonds is 6. The van der Waals surface area contributed by atoms with Crippen molar-refractivity contribution >= 4 is 17.4 Å². The van der Waals surface area contributed by atoms with E-state index in [1.165, 1.54) is 12.5 Å². The summed E-state index contributed by atoms with van der Waals surface area (Å²) in [4.78, 5) is 11.7. The van der Waals surface area contributed by atoms with Crippen molar-refractivity contribution in [2.75, 3.05) is 0 Å². The van der Waals surface area contributed by atoms with Gasteiger partial charge < -0.3 is 10.2 Å². The second-order valence-corrected chi connectivity index (χ2v) is 6.50. The van der Waals surface area contributed by atoms with E-state index in [1.54, 1.807) is 6.92 Å². The Morgan fingerprint density at radius 3 is 2.22 bits per heavy atom. The van der Waals surface area contributed by atoms with E-state index < -0.39 is 0 Å². The summed E-state index contributed by atoms with van der Waals surface area (Å²) in [7, 11) is 0. The van der Waals surface area contributed by atoms with Gasteiger partial charge in [0.1, 0.15) is 11.5 Å². The zero-order valence-corrected chi connectivity index (χ0v) is 15.2. The Kier molecular flexibility index (Phi) is 6.89. The number of carbonyl (C=O) groups excluding carboxylic acids is 1. The zero-order valence-electron chi connectivity index (χ0n) is 14.5. The Morgan fingerprint density at radius 2 is 1.70 bits per heavy atom. The molecule has 0 aliphatic heterocycles. The number of aromatic hydroxyl groups is 2. The Balaban J connectivity index is 3.10. The van der Waals surface area contributed by atoms with E-state index in [1.807, 2.05) is 13.0 Å². The van der Waals surface area contributed by atoms with Crippen LogP contribution in [0, 0.1) is 6.92 Å². The lowest BCUT2D eigenvalue weighted by Gasteiger charge is -2.14. The second kappa shape index (κ2) is 8.21. The van der Waals surface area contributed by atoms with Crippen molar-refractivity contribution in [3.8, 4) is 11.5 Å². The van der Waals surface area contributed by atoms with Crippen LogP contribution in [0.1, 0.15) is 62.0 Å². The molecule has 0 fully saturated rings. The number of Topliss-reactive ketones (excluding diaryl/α,β-unsaturated/α-hetero) is 1. The van der Waals surface area contributed by atoms with Gasteiger partial charge in [-0.3, -0.25) is 4.79 Å². The Hall–Kier alpha value is -1.74. The van der Waals surface area contributed by atoms with E-state index in [0.29, 0.717) is 17.5 Å². The van der Waals surface area contributed by atoms with Crippen molar-refractivity contribution in [3.05, 3.63) is 45.0 Å². The Morgan fingerprint density at radius 1 is 1.09 bits per heavy atom. The molecule has 1 rings (SSSR count). The molecule has 0 radical (unpaired) electrons. The minimum atomic E-state index is -0.271. The lowest BCUT2D eigenvalue weighted by atomic mass is 9.96. The summed E-state index contributed by atoms with van der Waals surface area (Å²) in [6, 6.07) is 0. The number of ketones is 1. The van der Waals surface area contributed by atoms with Gasteiger partial charge in [0.15, 0.2) is 5.78 Å². The molecule has 2 N–H and O–H groups in total. The fourth-order valence-electron chi connectivity index (χ4n) is 2.45. The maximum Gasteiger partial charge on any atom is 0.163 e. The summed E-state index contributed by atoms with van der Waals surface area (Å²) in [5.41, 5.74) is 3.32. The van der Waals surface area contributed by atoms with Crippen LogP contribution in [0.5, 0.6) is 11.5 Å². The number of halogens is 1. The van der Waals surface area contributed by atoms with Crippen LogP contribution >= 0.6 is 11.6 Å². The Bertz CT molecular complexity index is 666. The zero-order chi connectivity index (χ0) is 17.7. The van der Waals surface area contributed by atoms with Gasteiger partial charge >= 0.3 is 0 Å². The fourth-order valence-corrected chi connectivity index (χ4v) is 2.66. The number of phenols is 2. The van der Waals surface area contributed by atoms with Crippen LogP contribution in [0.25, 0.3) is 0 Å². The van der Waals surface area contributed by atoms with Gasteiger partial charge in [-0.15, -0.1) is 0 Å². The molecule has 0 amide bonds. The lowest BCUT2D eigenvalue weighted by Crippen LogP contribution is -2.01. The summed E-state index contributed by atoms with van der Waals surface area (Å²) < 4.78 is 0. The first-order chi connectivity index (χ1) is 10.7. The fraction of sp³-hybridized carbons (Fsp3) is 0.421. The molecule has 0 aliphatic carbocycles. The summed E-state index contributed by atoms with van der Waals surface area (Å²) >= 11 is 6.10. The number of hydrogen-bond donors (Lipinski definition) is 2. The number of allylic oxidation sites excluding steroid dienone is 4. The van der Waals surface area contributed by atoms with Crippen molar-refractivity contribution in [1.82, 2.24) is 0 Å². The minimum absolute atomic E-state index is 0.124. The van der Waals surface area contributed by atoms with E-state index in [2.05, 4.69) is 19.9 Å². The average Bonchev–Trinajstić information content (AvgIpc) is 2.44. The van der Waals surface area contributed by atoms with Gasteiger partial charge in [-0.2, -0.15) is 0 Å². The minimum Gasteiger partial charge on any atom is -0.507 e. The van der Waals surface area contributed by atoms with Crippen LogP contribution in [-0.4, -0.2) is 16.0 Å². The van der Waals surface area contributed by atoms with E-state index in [9.17, 15) is 15.0 Å². The van der Waals surface area contributed by atoms with Crippen LogP contribution < -0.4 is 0 Å².